The first-order valence-corrected chi connectivity index (χ1v) is 7.36. The second-order valence-electron chi connectivity index (χ2n) is 5.33. The Balaban J connectivity index is 2.13. The number of esters is 1. The number of carbonyl (C=O) groups is 2. The van der Waals surface area contributed by atoms with E-state index in [1.54, 1.807) is 0 Å². The van der Waals surface area contributed by atoms with Gasteiger partial charge in [-0.05, 0) is 45.3 Å². The molecule has 0 aliphatic carbocycles. The third-order valence-corrected chi connectivity index (χ3v) is 3.57. The standard InChI is InChI=1S/C14H27N3O3/c1-15-9-12-5-4-8-17(10-12)11-13(18)16-7-3-6-14(19)20-2/h12,15H,3-11H2,1-2H3,(H,16,18). The van der Waals surface area contributed by atoms with E-state index < -0.39 is 0 Å². The fraction of sp³-hybridized carbons (Fsp3) is 0.857. The Labute approximate surface area is 121 Å². The number of piperidine rings is 1. The molecule has 1 saturated heterocycles. The van der Waals surface area contributed by atoms with Crippen molar-refractivity contribution in [1.29, 1.82) is 0 Å². The van der Waals surface area contributed by atoms with Crippen molar-refractivity contribution >= 4 is 11.9 Å². The molecule has 1 amide bonds. The van der Waals surface area contributed by atoms with Gasteiger partial charge in [0, 0.05) is 19.5 Å². The maximum atomic E-state index is 11.8. The van der Waals surface area contributed by atoms with Gasteiger partial charge in [-0.1, -0.05) is 0 Å². The summed E-state index contributed by atoms with van der Waals surface area (Å²) in [6.07, 6.45) is 3.37. The number of likely N-dealkylation sites (tertiary alicyclic amines) is 1. The molecule has 0 aromatic heterocycles. The number of hydrogen-bond acceptors (Lipinski definition) is 5. The molecule has 0 aromatic rings. The van der Waals surface area contributed by atoms with Crippen LogP contribution in [-0.2, 0) is 14.3 Å². The Morgan fingerprint density at radius 3 is 2.90 bits per heavy atom. The minimum atomic E-state index is -0.231. The van der Waals surface area contributed by atoms with Crippen LogP contribution >= 0.6 is 0 Å². The smallest absolute Gasteiger partial charge is 0.305 e. The molecular formula is C14H27N3O3. The minimum absolute atomic E-state index is 0.0416. The summed E-state index contributed by atoms with van der Waals surface area (Å²) in [6, 6.07) is 0. The summed E-state index contributed by atoms with van der Waals surface area (Å²) in [6.45, 7) is 3.98. The number of rotatable bonds is 8. The lowest BCUT2D eigenvalue weighted by Gasteiger charge is -2.32. The largest absolute Gasteiger partial charge is 0.469 e. The monoisotopic (exact) mass is 285 g/mol. The minimum Gasteiger partial charge on any atom is -0.469 e. The zero-order valence-corrected chi connectivity index (χ0v) is 12.6. The lowest BCUT2D eigenvalue weighted by Crippen LogP contribution is -2.44. The Morgan fingerprint density at radius 2 is 2.20 bits per heavy atom. The van der Waals surface area contributed by atoms with E-state index in [2.05, 4.69) is 20.3 Å². The van der Waals surface area contributed by atoms with Crippen LogP contribution < -0.4 is 10.6 Å². The molecule has 20 heavy (non-hydrogen) atoms. The highest BCUT2D eigenvalue weighted by Gasteiger charge is 2.20. The topological polar surface area (TPSA) is 70.7 Å². The zero-order valence-electron chi connectivity index (χ0n) is 12.6. The van der Waals surface area contributed by atoms with E-state index in [4.69, 9.17) is 0 Å². The first-order chi connectivity index (χ1) is 9.65. The molecule has 0 radical (unpaired) electrons. The van der Waals surface area contributed by atoms with Crippen LogP contribution in [-0.4, -0.2) is 63.7 Å². The molecule has 2 N–H and O–H groups in total. The summed E-state index contributed by atoms with van der Waals surface area (Å²) >= 11 is 0. The second-order valence-corrected chi connectivity index (χ2v) is 5.33. The molecule has 0 spiro atoms. The van der Waals surface area contributed by atoms with Crippen molar-refractivity contribution in [2.24, 2.45) is 5.92 Å². The maximum absolute atomic E-state index is 11.8. The van der Waals surface area contributed by atoms with Gasteiger partial charge in [-0.2, -0.15) is 0 Å². The van der Waals surface area contributed by atoms with Crippen LogP contribution in [0.25, 0.3) is 0 Å². The van der Waals surface area contributed by atoms with Crippen LogP contribution in [0.2, 0.25) is 0 Å². The van der Waals surface area contributed by atoms with E-state index in [9.17, 15) is 9.59 Å². The molecule has 1 unspecified atom stereocenters. The zero-order chi connectivity index (χ0) is 14.8. The average molecular weight is 285 g/mol. The van der Waals surface area contributed by atoms with Gasteiger partial charge in [-0.3, -0.25) is 14.5 Å². The third kappa shape index (κ3) is 6.86. The van der Waals surface area contributed by atoms with Crippen LogP contribution in [0.15, 0.2) is 0 Å². The Morgan fingerprint density at radius 1 is 1.40 bits per heavy atom. The lowest BCUT2D eigenvalue weighted by molar-refractivity contribution is -0.140. The molecular weight excluding hydrogens is 258 g/mol. The predicted molar refractivity (Wildman–Crippen MR) is 77.4 cm³/mol. The normalized spacial score (nSPS) is 19.6. The highest BCUT2D eigenvalue weighted by molar-refractivity contribution is 5.78. The Kier molecular flexibility index (Phi) is 8.22. The number of nitrogens with zero attached hydrogens (tertiary/aromatic N) is 1. The molecule has 1 heterocycles. The molecule has 116 valence electrons. The third-order valence-electron chi connectivity index (χ3n) is 3.57. The molecule has 6 nitrogen and oxygen atoms in total. The summed E-state index contributed by atoms with van der Waals surface area (Å²) in [5, 5.41) is 6.05. The van der Waals surface area contributed by atoms with Crippen LogP contribution in [0.5, 0.6) is 0 Å². The Bertz CT molecular complexity index is 308. The van der Waals surface area contributed by atoms with Crippen molar-refractivity contribution in [2.45, 2.75) is 25.7 Å². The van der Waals surface area contributed by atoms with Gasteiger partial charge in [0.15, 0.2) is 0 Å². The van der Waals surface area contributed by atoms with Crippen LogP contribution in [0, 0.1) is 5.92 Å². The van der Waals surface area contributed by atoms with E-state index >= 15 is 0 Å². The maximum Gasteiger partial charge on any atom is 0.305 e. The fourth-order valence-electron chi connectivity index (χ4n) is 2.57. The van der Waals surface area contributed by atoms with Gasteiger partial charge in [-0.25, -0.2) is 0 Å². The quantitative estimate of drug-likeness (QED) is 0.485. The Hall–Kier alpha value is -1.14. The highest BCUT2D eigenvalue weighted by atomic mass is 16.5. The molecule has 0 bridgehead atoms. The van der Waals surface area contributed by atoms with Crippen molar-refractivity contribution in [3.63, 3.8) is 0 Å². The summed E-state index contributed by atoms with van der Waals surface area (Å²) < 4.78 is 4.55. The number of carbonyl (C=O) groups excluding carboxylic acids is 2. The molecule has 1 aliphatic rings. The first-order valence-electron chi connectivity index (χ1n) is 7.36. The summed E-state index contributed by atoms with van der Waals surface area (Å²) in [5.74, 6) is 0.450. The predicted octanol–water partition coefficient (Wildman–Crippen LogP) is -0.0128. The van der Waals surface area contributed by atoms with Crippen molar-refractivity contribution < 1.29 is 14.3 Å². The molecule has 0 saturated carbocycles. The van der Waals surface area contributed by atoms with Gasteiger partial charge < -0.3 is 15.4 Å². The van der Waals surface area contributed by atoms with Gasteiger partial charge >= 0.3 is 5.97 Å². The van der Waals surface area contributed by atoms with Gasteiger partial charge in [0.2, 0.25) is 5.91 Å². The van der Waals surface area contributed by atoms with Crippen molar-refractivity contribution in [1.82, 2.24) is 15.5 Å². The molecule has 1 aliphatic heterocycles. The van der Waals surface area contributed by atoms with Gasteiger partial charge in [0.05, 0.1) is 13.7 Å². The number of ether oxygens (including phenoxy) is 1. The number of hydrogen-bond donors (Lipinski definition) is 2. The summed E-state index contributed by atoms with van der Waals surface area (Å²) in [7, 11) is 3.34. The van der Waals surface area contributed by atoms with Gasteiger partial charge in [0.1, 0.15) is 0 Å². The molecule has 1 rings (SSSR count). The van der Waals surface area contributed by atoms with E-state index in [0.29, 0.717) is 31.8 Å². The average Bonchev–Trinajstić information content (AvgIpc) is 2.44. The van der Waals surface area contributed by atoms with Gasteiger partial charge in [-0.15, -0.1) is 0 Å². The van der Waals surface area contributed by atoms with Crippen LogP contribution in [0.3, 0.4) is 0 Å². The summed E-state index contributed by atoms with van der Waals surface area (Å²) in [5.41, 5.74) is 0. The van der Waals surface area contributed by atoms with Crippen molar-refractivity contribution in [3.8, 4) is 0 Å². The number of amides is 1. The SMILES string of the molecule is CNCC1CCCN(CC(=O)NCCCC(=O)OC)C1. The van der Waals surface area contributed by atoms with Crippen LogP contribution in [0.4, 0.5) is 0 Å². The van der Waals surface area contributed by atoms with Crippen molar-refractivity contribution in [3.05, 3.63) is 0 Å². The highest BCUT2D eigenvalue weighted by Crippen LogP contribution is 2.15. The van der Waals surface area contributed by atoms with E-state index in [1.165, 1.54) is 13.5 Å². The summed E-state index contributed by atoms with van der Waals surface area (Å²) in [4.78, 5) is 24.9. The number of nitrogens with one attached hydrogen (secondary N) is 2. The molecule has 0 aromatic carbocycles. The van der Waals surface area contributed by atoms with E-state index in [-0.39, 0.29) is 11.9 Å². The second kappa shape index (κ2) is 9.72. The lowest BCUT2D eigenvalue weighted by atomic mass is 9.98. The van der Waals surface area contributed by atoms with E-state index in [0.717, 1.165) is 26.1 Å². The van der Waals surface area contributed by atoms with Gasteiger partial charge in [0.25, 0.3) is 0 Å². The molecule has 6 heteroatoms. The fourth-order valence-corrected chi connectivity index (χ4v) is 2.57. The number of methoxy groups -OCH3 is 1. The van der Waals surface area contributed by atoms with Crippen LogP contribution in [0.1, 0.15) is 25.7 Å². The first kappa shape index (κ1) is 16.9. The van der Waals surface area contributed by atoms with Crippen molar-refractivity contribution in [2.75, 3.05) is 46.9 Å². The molecule has 1 fully saturated rings. The van der Waals surface area contributed by atoms with E-state index in [1.807, 2.05) is 7.05 Å². The molecule has 1 atom stereocenters.